The van der Waals surface area contributed by atoms with Gasteiger partial charge in [0.15, 0.2) is 15.7 Å². The van der Waals surface area contributed by atoms with Crippen molar-refractivity contribution >= 4 is 9.84 Å². The Morgan fingerprint density at radius 2 is 1.40 bits per heavy atom. The summed E-state index contributed by atoms with van der Waals surface area (Å²) in [5.41, 5.74) is -1.58. The van der Waals surface area contributed by atoms with Crippen molar-refractivity contribution < 1.29 is 34.8 Å². The quantitative estimate of drug-likeness (QED) is 0.341. The fraction of sp³-hybridized carbons (Fsp3) is 0.136. The molecule has 0 saturated heterocycles. The molecule has 0 N–H and O–H groups in total. The van der Waals surface area contributed by atoms with Gasteiger partial charge < -0.3 is 0 Å². The number of sulfone groups is 1. The van der Waals surface area contributed by atoms with E-state index in [4.69, 9.17) is 0 Å². The summed E-state index contributed by atoms with van der Waals surface area (Å²) in [6, 6.07) is 13.1. The van der Waals surface area contributed by atoms with Crippen LogP contribution in [0.15, 0.2) is 71.8 Å². The van der Waals surface area contributed by atoms with Gasteiger partial charge in [-0.15, -0.1) is 0 Å². The van der Waals surface area contributed by atoms with Crippen molar-refractivity contribution in [3.63, 3.8) is 0 Å². The Labute approximate surface area is 194 Å². The predicted molar refractivity (Wildman–Crippen MR) is 113 cm³/mol. The lowest BCUT2D eigenvalue weighted by atomic mass is 9.99. The van der Waals surface area contributed by atoms with E-state index < -0.39 is 39.5 Å². The highest BCUT2D eigenvalue weighted by Gasteiger charge is 2.40. The summed E-state index contributed by atoms with van der Waals surface area (Å²) in [5.74, 6) is -2.42. The lowest BCUT2D eigenvalue weighted by molar-refractivity contribution is -0.145. The largest absolute Gasteiger partial charge is 0.451 e. The summed E-state index contributed by atoms with van der Waals surface area (Å²) in [7, 11) is -3.61. The predicted octanol–water partition coefficient (Wildman–Crippen LogP) is 5.44. The van der Waals surface area contributed by atoms with E-state index in [1.807, 2.05) is 0 Å². The normalized spacial score (nSPS) is 12.7. The Kier molecular flexibility index (Phi) is 5.91. The molecule has 0 atom stereocenters. The molecular weight excluding hydrogens is 498 g/mol. The van der Waals surface area contributed by atoms with Crippen LogP contribution in [0.2, 0.25) is 0 Å². The zero-order valence-corrected chi connectivity index (χ0v) is 18.4. The second-order valence-electron chi connectivity index (χ2n) is 7.38. The van der Waals surface area contributed by atoms with E-state index in [-0.39, 0.29) is 32.0 Å². The van der Waals surface area contributed by atoms with Crippen LogP contribution in [0.3, 0.4) is 0 Å². The molecule has 182 valence electrons. The maximum atomic E-state index is 13.7. The maximum absolute atomic E-state index is 13.7. The molecule has 4 aromatic rings. The third kappa shape index (κ3) is 4.90. The Morgan fingerprint density at radius 3 is 1.94 bits per heavy atom. The first-order valence-electron chi connectivity index (χ1n) is 9.73. The minimum absolute atomic E-state index is 0.0334. The molecule has 6 nitrogen and oxygen atoms in total. The Balaban J connectivity index is 2.11. The molecule has 0 spiro atoms. The molecular formula is C22H14F6N4O2S. The zero-order chi connectivity index (χ0) is 25.6. The van der Waals surface area contributed by atoms with Gasteiger partial charge in [-0.2, -0.15) is 31.4 Å². The fourth-order valence-corrected chi connectivity index (χ4v) is 3.99. The second-order valence-corrected chi connectivity index (χ2v) is 9.40. The van der Waals surface area contributed by atoms with Crippen LogP contribution in [0.4, 0.5) is 26.3 Å². The van der Waals surface area contributed by atoms with Crippen molar-refractivity contribution in [1.82, 2.24) is 19.7 Å². The summed E-state index contributed by atoms with van der Waals surface area (Å²) >= 11 is 0. The van der Waals surface area contributed by atoms with Crippen LogP contribution in [0, 0.1) is 0 Å². The summed E-state index contributed by atoms with van der Waals surface area (Å²) < 4.78 is 106. The van der Waals surface area contributed by atoms with E-state index in [1.165, 1.54) is 36.4 Å². The average molecular weight is 512 g/mol. The fourth-order valence-electron chi connectivity index (χ4n) is 3.36. The van der Waals surface area contributed by atoms with Crippen LogP contribution in [0.25, 0.3) is 28.2 Å². The van der Waals surface area contributed by atoms with Crippen LogP contribution >= 0.6 is 0 Å². The van der Waals surface area contributed by atoms with Crippen LogP contribution in [-0.4, -0.2) is 34.4 Å². The minimum atomic E-state index is -5.10. The zero-order valence-electron chi connectivity index (χ0n) is 17.6. The van der Waals surface area contributed by atoms with Crippen LogP contribution in [0.5, 0.6) is 0 Å². The van der Waals surface area contributed by atoms with Crippen molar-refractivity contribution in [3.05, 3.63) is 78.4 Å². The van der Waals surface area contributed by atoms with Gasteiger partial charge in [-0.1, -0.05) is 42.5 Å². The van der Waals surface area contributed by atoms with E-state index in [0.717, 1.165) is 12.5 Å². The number of alkyl halides is 6. The molecule has 35 heavy (non-hydrogen) atoms. The highest BCUT2D eigenvalue weighted by molar-refractivity contribution is 7.90. The number of benzene rings is 2. The highest BCUT2D eigenvalue weighted by atomic mass is 32.2. The first-order chi connectivity index (χ1) is 16.3. The van der Waals surface area contributed by atoms with Gasteiger partial charge in [0.1, 0.15) is 5.69 Å². The second kappa shape index (κ2) is 8.48. The number of aromatic nitrogens is 4. The van der Waals surface area contributed by atoms with Crippen molar-refractivity contribution in [1.29, 1.82) is 0 Å². The monoisotopic (exact) mass is 512 g/mol. The first kappa shape index (κ1) is 24.4. The van der Waals surface area contributed by atoms with Gasteiger partial charge in [-0.25, -0.2) is 23.1 Å². The molecule has 2 aromatic heterocycles. The summed E-state index contributed by atoms with van der Waals surface area (Å²) in [6.45, 7) is 0. The SMILES string of the molecule is CS(=O)(=O)c1ccc(-c2nc(C(F)(F)F)nc(-n3nccc3C(F)(F)F)c2-c2ccccc2)cc1. The highest BCUT2D eigenvalue weighted by Crippen LogP contribution is 2.40. The molecule has 4 rings (SSSR count). The number of hydrogen-bond donors (Lipinski definition) is 0. The smallest absolute Gasteiger partial charge is 0.224 e. The Morgan fingerprint density at radius 1 is 0.771 bits per heavy atom. The summed E-state index contributed by atoms with van der Waals surface area (Å²) in [5, 5.41) is 3.60. The van der Waals surface area contributed by atoms with E-state index in [9.17, 15) is 34.8 Å². The molecule has 0 aliphatic carbocycles. The van der Waals surface area contributed by atoms with Gasteiger partial charge in [-0.3, -0.25) is 0 Å². The Bertz CT molecular complexity index is 1480. The molecule has 2 aromatic carbocycles. The van der Waals surface area contributed by atoms with Crippen LogP contribution in [0.1, 0.15) is 11.5 Å². The standard InChI is InChI=1S/C22H14F6N4O2S/c1-35(33,34)15-9-7-14(8-10-15)18-17(13-5-3-2-4-6-13)19(31-20(30-18)22(26,27)28)32-16(11-12-29-32)21(23,24)25/h2-12H,1H3. The molecule has 0 amide bonds. The van der Waals surface area contributed by atoms with Gasteiger partial charge in [0.2, 0.25) is 5.82 Å². The number of hydrogen-bond acceptors (Lipinski definition) is 5. The average Bonchev–Trinajstić information content (AvgIpc) is 3.28. The molecule has 0 fully saturated rings. The third-order valence-corrected chi connectivity index (χ3v) is 6.02. The molecule has 0 radical (unpaired) electrons. The summed E-state index contributed by atoms with van der Waals surface area (Å²) in [4.78, 5) is 6.99. The lowest BCUT2D eigenvalue weighted by Crippen LogP contribution is -2.19. The molecule has 0 saturated carbocycles. The first-order valence-corrected chi connectivity index (χ1v) is 11.6. The van der Waals surface area contributed by atoms with E-state index in [0.29, 0.717) is 6.07 Å². The van der Waals surface area contributed by atoms with E-state index >= 15 is 0 Å². The van der Waals surface area contributed by atoms with Gasteiger partial charge in [-0.05, 0) is 23.8 Å². The molecule has 2 heterocycles. The molecule has 0 bridgehead atoms. The molecule has 0 unspecified atom stereocenters. The van der Waals surface area contributed by atoms with E-state index in [1.54, 1.807) is 18.2 Å². The van der Waals surface area contributed by atoms with E-state index in [2.05, 4.69) is 15.1 Å². The number of rotatable bonds is 4. The molecule has 0 aliphatic rings. The number of halogens is 6. The van der Waals surface area contributed by atoms with Gasteiger partial charge in [0.05, 0.1) is 22.3 Å². The topological polar surface area (TPSA) is 77.7 Å². The van der Waals surface area contributed by atoms with Gasteiger partial charge in [0, 0.05) is 11.8 Å². The third-order valence-electron chi connectivity index (χ3n) is 4.90. The summed E-state index contributed by atoms with van der Waals surface area (Å²) in [6.07, 6.45) is -8.28. The van der Waals surface area contributed by atoms with Gasteiger partial charge in [0.25, 0.3) is 0 Å². The van der Waals surface area contributed by atoms with Crippen molar-refractivity contribution in [2.75, 3.05) is 6.26 Å². The van der Waals surface area contributed by atoms with Crippen LogP contribution in [-0.2, 0) is 22.2 Å². The maximum Gasteiger partial charge on any atom is 0.451 e. The van der Waals surface area contributed by atoms with Gasteiger partial charge >= 0.3 is 12.4 Å². The lowest BCUT2D eigenvalue weighted by Gasteiger charge is -2.19. The number of nitrogens with zero attached hydrogens (tertiary/aromatic N) is 4. The minimum Gasteiger partial charge on any atom is -0.224 e. The molecule has 13 heteroatoms. The van der Waals surface area contributed by atoms with Crippen molar-refractivity contribution in [2.45, 2.75) is 17.2 Å². The van der Waals surface area contributed by atoms with Crippen molar-refractivity contribution in [3.8, 4) is 28.2 Å². The van der Waals surface area contributed by atoms with Crippen LogP contribution < -0.4 is 0 Å². The molecule has 0 aliphatic heterocycles. The Hall–Kier alpha value is -3.74. The van der Waals surface area contributed by atoms with Crippen molar-refractivity contribution in [2.24, 2.45) is 0 Å².